The highest BCUT2D eigenvalue weighted by atomic mass is 16.5. The summed E-state index contributed by atoms with van der Waals surface area (Å²) in [5.41, 5.74) is 0.0865. The fourth-order valence-corrected chi connectivity index (χ4v) is 4.00. The molecule has 0 bridgehead atoms. The minimum Gasteiger partial charge on any atom is -0.463 e. The molecule has 2 rings (SSSR count). The SMILES string of the molecule is CCc1ccc(C2C(C(=O)OC(C)C)C(=O)CC(C)(O)C2C(=O)OC(C)C)cc1. The number of aliphatic hydroxyl groups is 1. The third kappa shape index (κ3) is 5.24. The molecule has 1 aromatic carbocycles. The van der Waals surface area contributed by atoms with E-state index in [1.807, 2.05) is 31.2 Å². The van der Waals surface area contributed by atoms with E-state index in [0.717, 1.165) is 12.0 Å². The van der Waals surface area contributed by atoms with Gasteiger partial charge in [0.25, 0.3) is 0 Å². The smallest absolute Gasteiger partial charge is 0.317 e. The summed E-state index contributed by atoms with van der Waals surface area (Å²) in [5, 5.41) is 11.0. The van der Waals surface area contributed by atoms with Crippen LogP contribution in [0.15, 0.2) is 24.3 Å². The molecule has 0 aliphatic heterocycles. The van der Waals surface area contributed by atoms with Crippen molar-refractivity contribution in [2.75, 3.05) is 0 Å². The maximum atomic E-state index is 13.0. The van der Waals surface area contributed by atoms with Crippen LogP contribution in [0.1, 0.15) is 65.0 Å². The van der Waals surface area contributed by atoms with Crippen molar-refractivity contribution in [3.05, 3.63) is 35.4 Å². The van der Waals surface area contributed by atoms with Gasteiger partial charge in [-0.25, -0.2) is 0 Å². The van der Waals surface area contributed by atoms with E-state index < -0.39 is 47.2 Å². The minimum atomic E-state index is -1.63. The van der Waals surface area contributed by atoms with Crippen LogP contribution in [0, 0.1) is 11.8 Å². The topological polar surface area (TPSA) is 89.9 Å². The molecule has 0 aromatic heterocycles. The number of ketones is 1. The summed E-state index contributed by atoms with van der Waals surface area (Å²) in [5.74, 6) is -4.83. The number of Topliss-reactive ketones (excluding diaryl/α,β-unsaturated/α-hetero) is 1. The van der Waals surface area contributed by atoms with Gasteiger partial charge in [-0.15, -0.1) is 0 Å². The van der Waals surface area contributed by atoms with Crippen LogP contribution in [0.3, 0.4) is 0 Å². The van der Waals surface area contributed by atoms with E-state index in [2.05, 4.69) is 0 Å². The van der Waals surface area contributed by atoms with E-state index in [1.165, 1.54) is 6.92 Å². The number of rotatable bonds is 6. The Balaban J connectivity index is 2.60. The second-order valence-corrected chi connectivity index (χ2v) is 8.55. The van der Waals surface area contributed by atoms with Crippen LogP contribution in [0.5, 0.6) is 0 Å². The highest BCUT2D eigenvalue weighted by Gasteiger charge is 2.57. The molecule has 0 radical (unpaired) electrons. The number of aryl methyl sites for hydroxylation is 1. The molecule has 1 aliphatic rings. The van der Waals surface area contributed by atoms with Crippen molar-refractivity contribution >= 4 is 17.7 Å². The molecule has 1 aliphatic carbocycles. The van der Waals surface area contributed by atoms with Gasteiger partial charge >= 0.3 is 11.9 Å². The summed E-state index contributed by atoms with van der Waals surface area (Å²) < 4.78 is 10.7. The molecule has 1 aromatic rings. The molecular weight excluding hydrogens is 372 g/mol. The van der Waals surface area contributed by atoms with Gasteiger partial charge < -0.3 is 14.6 Å². The first-order valence-corrected chi connectivity index (χ1v) is 10.2. The highest BCUT2D eigenvalue weighted by Crippen LogP contribution is 2.47. The van der Waals surface area contributed by atoms with Crippen LogP contribution in [-0.2, 0) is 30.3 Å². The Kier molecular flexibility index (Phi) is 7.22. The fraction of sp³-hybridized carbons (Fsp3) is 0.609. The van der Waals surface area contributed by atoms with Gasteiger partial charge in [0.1, 0.15) is 5.92 Å². The summed E-state index contributed by atoms with van der Waals surface area (Å²) in [4.78, 5) is 38.7. The van der Waals surface area contributed by atoms with Gasteiger partial charge in [-0.1, -0.05) is 31.2 Å². The van der Waals surface area contributed by atoms with Gasteiger partial charge in [0.15, 0.2) is 5.78 Å². The Hall–Kier alpha value is -2.21. The molecule has 0 amide bonds. The van der Waals surface area contributed by atoms with Crippen LogP contribution in [-0.4, -0.2) is 40.6 Å². The summed E-state index contributed by atoms with van der Waals surface area (Å²) in [6.45, 7) is 10.3. The average Bonchev–Trinajstić information content (AvgIpc) is 2.58. The lowest BCUT2D eigenvalue weighted by Gasteiger charge is -2.44. The summed E-state index contributed by atoms with van der Waals surface area (Å²) in [6.07, 6.45) is -0.270. The number of hydrogen-bond donors (Lipinski definition) is 1. The average molecular weight is 405 g/mol. The van der Waals surface area contributed by atoms with E-state index in [1.54, 1.807) is 27.7 Å². The Morgan fingerprint density at radius 3 is 2.07 bits per heavy atom. The molecule has 160 valence electrons. The van der Waals surface area contributed by atoms with Crippen molar-refractivity contribution in [2.45, 2.75) is 78.1 Å². The number of benzene rings is 1. The molecule has 1 N–H and O–H groups in total. The zero-order valence-electron chi connectivity index (χ0n) is 18.1. The van der Waals surface area contributed by atoms with Crippen LogP contribution < -0.4 is 0 Å². The zero-order valence-corrected chi connectivity index (χ0v) is 18.1. The highest BCUT2D eigenvalue weighted by molar-refractivity contribution is 6.02. The molecule has 0 spiro atoms. The van der Waals surface area contributed by atoms with E-state index in [0.29, 0.717) is 5.56 Å². The lowest BCUT2D eigenvalue weighted by atomic mass is 9.61. The second kappa shape index (κ2) is 9.08. The molecule has 1 saturated carbocycles. The summed E-state index contributed by atoms with van der Waals surface area (Å²) in [7, 11) is 0. The zero-order chi connectivity index (χ0) is 21.9. The first kappa shape index (κ1) is 23.1. The molecule has 0 saturated heterocycles. The van der Waals surface area contributed by atoms with Gasteiger partial charge in [0.05, 0.1) is 23.7 Å². The summed E-state index contributed by atoms with van der Waals surface area (Å²) in [6, 6.07) is 7.42. The van der Waals surface area contributed by atoms with Gasteiger partial charge in [-0.3, -0.25) is 14.4 Å². The predicted molar refractivity (Wildman–Crippen MR) is 108 cm³/mol. The van der Waals surface area contributed by atoms with E-state index in [-0.39, 0.29) is 12.5 Å². The molecule has 4 atom stereocenters. The van der Waals surface area contributed by atoms with Gasteiger partial charge in [0, 0.05) is 12.3 Å². The Labute approximate surface area is 172 Å². The van der Waals surface area contributed by atoms with Crippen LogP contribution in [0.2, 0.25) is 0 Å². The van der Waals surface area contributed by atoms with Crippen molar-refractivity contribution in [3.63, 3.8) is 0 Å². The monoisotopic (exact) mass is 404 g/mol. The number of esters is 2. The van der Waals surface area contributed by atoms with Crippen molar-refractivity contribution in [2.24, 2.45) is 11.8 Å². The van der Waals surface area contributed by atoms with Crippen LogP contribution in [0.25, 0.3) is 0 Å². The Morgan fingerprint density at radius 1 is 1.07 bits per heavy atom. The van der Waals surface area contributed by atoms with Crippen molar-refractivity contribution in [3.8, 4) is 0 Å². The number of ether oxygens (including phenoxy) is 2. The standard InChI is InChI=1S/C23H32O6/c1-7-15-8-10-16(11-9-15)18-19(21(25)28-13(2)3)17(24)12-23(6,27)20(18)22(26)29-14(4)5/h8-11,13-14,18-20,27H,7,12H2,1-6H3. The lowest BCUT2D eigenvalue weighted by Crippen LogP contribution is -2.55. The fourth-order valence-electron chi connectivity index (χ4n) is 4.00. The van der Waals surface area contributed by atoms with Crippen LogP contribution in [0.4, 0.5) is 0 Å². The quantitative estimate of drug-likeness (QED) is 0.578. The van der Waals surface area contributed by atoms with Crippen molar-refractivity contribution in [1.82, 2.24) is 0 Å². The van der Waals surface area contributed by atoms with E-state index in [4.69, 9.17) is 9.47 Å². The van der Waals surface area contributed by atoms with Gasteiger partial charge in [0.2, 0.25) is 0 Å². The van der Waals surface area contributed by atoms with Gasteiger partial charge in [-0.05, 0) is 52.2 Å². The summed E-state index contributed by atoms with van der Waals surface area (Å²) >= 11 is 0. The molecule has 1 fully saturated rings. The van der Waals surface area contributed by atoms with Crippen molar-refractivity contribution < 1.29 is 29.0 Å². The minimum absolute atomic E-state index is 0.313. The third-order valence-electron chi connectivity index (χ3n) is 5.25. The maximum Gasteiger partial charge on any atom is 0.317 e. The number of hydrogen-bond acceptors (Lipinski definition) is 6. The lowest BCUT2D eigenvalue weighted by molar-refractivity contribution is -0.176. The molecule has 4 unspecified atom stereocenters. The molecular formula is C23H32O6. The Morgan fingerprint density at radius 2 is 1.59 bits per heavy atom. The van der Waals surface area contributed by atoms with E-state index >= 15 is 0 Å². The molecule has 0 heterocycles. The predicted octanol–water partition coefficient (Wildman–Crippen LogP) is 3.19. The number of carbonyl (C=O) groups is 3. The third-order valence-corrected chi connectivity index (χ3v) is 5.25. The Bertz CT molecular complexity index is 739. The molecule has 6 heteroatoms. The van der Waals surface area contributed by atoms with E-state index in [9.17, 15) is 19.5 Å². The van der Waals surface area contributed by atoms with Gasteiger partial charge in [-0.2, -0.15) is 0 Å². The second-order valence-electron chi connectivity index (χ2n) is 8.55. The first-order chi connectivity index (χ1) is 13.5. The molecule has 29 heavy (non-hydrogen) atoms. The first-order valence-electron chi connectivity index (χ1n) is 10.2. The maximum absolute atomic E-state index is 13.0. The van der Waals surface area contributed by atoms with Crippen molar-refractivity contribution in [1.29, 1.82) is 0 Å². The normalized spacial score (nSPS) is 27.2. The van der Waals surface area contributed by atoms with Crippen LogP contribution >= 0.6 is 0 Å². The molecule has 6 nitrogen and oxygen atoms in total. The number of carbonyl (C=O) groups excluding carboxylic acids is 3. The largest absolute Gasteiger partial charge is 0.463 e.